The first-order valence-electron chi connectivity index (χ1n) is 7.38. The van der Waals surface area contributed by atoms with Gasteiger partial charge in [0, 0.05) is 20.1 Å². The van der Waals surface area contributed by atoms with E-state index in [0.717, 1.165) is 6.20 Å². The van der Waals surface area contributed by atoms with Crippen LogP contribution in [-0.4, -0.2) is 40.9 Å². The van der Waals surface area contributed by atoms with Crippen molar-refractivity contribution in [1.29, 1.82) is 0 Å². The zero-order valence-electron chi connectivity index (χ0n) is 13.5. The van der Waals surface area contributed by atoms with Gasteiger partial charge in [-0.05, 0) is 12.1 Å². The fraction of sp³-hybridized carbons (Fsp3) is 0.333. The number of nitro groups is 1. The molecule has 1 heterocycles. The maximum atomic E-state index is 12.1. The predicted octanol–water partition coefficient (Wildman–Crippen LogP) is 2.50. The molecule has 0 fully saturated rings. The first-order valence-corrected chi connectivity index (χ1v) is 7.76. The summed E-state index contributed by atoms with van der Waals surface area (Å²) in [5.74, 6) is 0.0707. The van der Waals surface area contributed by atoms with E-state index in [9.17, 15) is 14.9 Å². The number of aryl methyl sites for hydroxylation is 1. The first-order chi connectivity index (χ1) is 12.0. The summed E-state index contributed by atoms with van der Waals surface area (Å²) in [6.07, 6.45) is 2.49. The fourth-order valence-corrected chi connectivity index (χ4v) is 2.21. The van der Waals surface area contributed by atoms with Crippen LogP contribution in [0, 0.1) is 10.1 Å². The van der Waals surface area contributed by atoms with Crippen LogP contribution in [0.3, 0.4) is 0 Å². The van der Waals surface area contributed by atoms with Crippen molar-refractivity contribution >= 4 is 28.9 Å². The van der Waals surface area contributed by atoms with Gasteiger partial charge in [0.25, 0.3) is 0 Å². The molecule has 0 aliphatic heterocycles. The molecule has 0 atom stereocenters. The Morgan fingerprint density at radius 3 is 2.92 bits per heavy atom. The molecule has 2 rings (SSSR count). The summed E-state index contributed by atoms with van der Waals surface area (Å²) in [7, 11) is 1.55. The van der Waals surface area contributed by atoms with E-state index in [1.165, 1.54) is 10.9 Å². The summed E-state index contributed by atoms with van der Waals surface area (Å²) < 4.78 is 11.8. The quantitative estimate of drug-likeness (QED) is 0.414. The third kappa shape index (κ3) is 5.44. The Kier molecular flexibility index (Phi) is 6.72. The molecule has 25 heavy (non-hydrogen) atoms. The first kappa shape index (κ1) is 18.7. The highest BCUT2D eigenvalue weighted by atomic mass is 35.5. The number of aromatic nitrogens is 2. The van der Waals surface area contributed by atoms with Crippen molar-refractivity contribution in [2.24, 2.45) is 0 Å². The number of carbonyl (C=O) groups is 1. The van der Waals surface area contributed by atoms with Gasteiger partial charge in [-0.15, -0.1) is 0 Å². The number of nitrogens with one attached hydrogen (secondary N) is 1. The van der Waals surface area contributed by atoms with Crippen LogP contribution in [0.2, 0.25) is 5.02 Å². The van der Waals surface area contributed by atoms with Crippen LogP contribution in [0.15, 0.2) is 30.6 Å². The monoisotopic (exact) mass is 368 g/mol. The van der Waals surface area contributed by atoms with E-state index < -0.39 is 4.92 Å². The third-order valence-electron chi connectivity index (χ3n) is 3.17. The number of para-hydroxylation sites is 1. The Bertz CT molecular complexity index is 749. The average molecular weight is 369 g/mol. The minimum absolute atomic E-state index is 0.0862. The van der Waals surface area contributed by atoms with Gasteiger partial charge in [0.2, 0.25) is 5.91 Å². The lowest BCUT2D eigenvalue weighted by molar-refractivity contribution is -0.385. The number of hydrogen-bond acceptors (Lipinski definition) is 6. The Morgan fingerprint density at radius 1 is 1.44 bits per heavy atom. The van der Waals surface area contributed by atoms with E-state index in [2.05, 4.69) is 10.4 Å². The highest BCUT2D eigenvalue weighted by Crippen LogP contribution is 2.33. The lowest BCUT2D eigenvalue weighted by Gasteiger charge is -2.13. The van der Waals surface area contributed by atoms with Crippen LogP contribution < -0.4 is 10.1 Å². The molecule has 0 unspecified atom stereocenters. The maximum absolute atomic E-state index is 12.1. The molecule has 0 radical (unpaired) electrons. The minimum Gasteiger partial charge on any atom is -0.487 e. The SMILES string of the molecule is COCCOc1c(Cl)cccc1NC(=O)CCn1cc([N+](=O)[O-])cn1. The van der Waals surface area contributed by atoms with Gasteiger partial charge in [0.1, 0.15) is 19.0 Å². The Labute approximate surface area is 148 Å². The van der Waals surface area contributed by atoms with Crippen molar-refractivity contribution in [2.75, 3.05) is 25.6 Å². The van der Waals surface area contributed by atoms with Crippen molar-refractivity contribution in [3.63, 3.8) is 0 Å². The van der Waals surface area contributed by atoms with Gasteiger partial charge in [0.15, 0.2) is 5.75 Å². The summed E-state index contributed by atoms with van der Waals surface area (Å²) in [5.41, 5.74) is 0.323. The summed E-state index contributed by atoms with van der Waals surface area (Å²) in [6, 6.07) is 5.02. The molecule has 1 aromatic carbocycles. The van der Waals surface area contributed by atoms with Gasteiger partial charge in [0.05, 0.1) is 22.2 Å². The molecule has 0 aliphatic carbocycles. The number of methoxy groups -OCH3 is 1. The van der Waals surface area contributed by atoms with Crippen molar-refractivity contribution in [3.8, 4) is 5.75 Å². The summed E-state index contributed by atoms with van der Waals surface area (Å²) in [4.78, 5) is 22.2. The molecule has 10 heteroatoms. The number of halogens is 1. The van der Waals surface area contributed by atoms with Gasteiger partial charge < -0.3 is 14.8 Å². The molecule has 1 N–H and O–H groups in total. The molecule has 0 bridgehead atoms. The van der Waals surface area contributed by atoms with Crippen LogP contribution in [0.5, 0.6) is 5.75 Å². The summed E-state index contributed by atoms with van der Waals surface area (Å²) >= 11 is 6.10. The Morgan fingerprint density at radius 2 is 2.24 bits per heavy atom. The molecule has 0 aliphatic rings. The molecule has 2 aromatic rings. The molecule has 1 aromatic heterocycles. The zero-order chi connectivity index (χ0) is 18.2. The number of carbonyl (C=O) groups excluding carboxylic acids is 1. The normalized spacial score (nSPS) is 10.5. The molecule has 134 valence electrons. The second kappa shape index (κ2) is 9.00. The Balaban J connectivity index is 1.95. The van der Waals surface area contributed by atoms with E-state index in [4.69, 9.17) is 21.1 Å². The van der Waals surface area contributed by atoms with Crippen molar-refractivity contribution in [2.45, 2.75) is 13.0 Å². The van der Waals surface area contributed by atoms with Crippen LogP contribution in [0.25, 0.3) is 0 Å². The Hall–Kier alpha value is -2.65. The van der Waals surface area contributed by atoms with E-state index >= 15 is 0 Å². The van der Waals surface area contributed by atoms with Gasteiger partial charge in [-0.1, -0.05) is 17.7 Å². The minimum atomic E-state index is -0.542. The average Bonchev–Trinajstić information content (AvgIpc) is 3.05. The number of ether oxygens (including phenoxy) is 2. The van der Waals surface area contributed by atoms with Crippen LogP contribution >= 0.6 is 11.6 Å². The fourth-order valence-electron chi connectivity index (χ4n) is 1.98. The second-order valence-electron chi connectivity index (χ2n) is 4.97. The smallest absolute Gasteiger partial charge is 0.306 e. The largest absolute Gasteiger partial charge is 0.487 e. The van der Waals surface area contributed by atoms with E-state index in [1.807, 2.05) is 0 Å². The van der Waals surface area contributed by atoms with Gasteiger partial charge in [-0.25, -0.2) is 0 Å². The number of benzene rings is 1. The van der Waals surface area contributed by atoms with Crippen LogP contribution in [-0.2, 0) is 16.1 Å². The van der Waals surface area contributed by atoms with Crippen molar-refractivity contribution < 1.29 is 19.2 Å². The predicted molar refractivity (Wildman–Crippen MR) is 91.0 cm³/mol. The summed E-state index contributed by atoms with van der Waals surface area (Å²) in [6.45, 7) is 0.886. The van der Waals surface area contributed by atoms with E-state index in [0.29, 0.717) is 29.7 Å². The standard InChI is InChI=1S/C15H17ClN4O5/c1-24-7-8-25-15-12(16)3-2-4-13(15)18-14(21)5-6-19-10-11(9-17-19)20(22)23/h2-4,9-10H,5-8H2,1H3,(H,18,21). The van der Waals surface area contributed by atoms with Crippen LogP contribution in [0.1, 0.15) is 6.42 Å². The van der Waals surface area contributed by atoms with Crippen molar-refractivity contribution in [1.82, 2.24) is 9.78 Å². The molecule has 0 spiro atoms. The topological polar surface area (TPSA) is 109 Å². The lowest BCUT2D eigenvalue weighted by Crippen LogP contribution is -2.16. The molecule has 0 saturated carbocycles. The van der Waals surface area contributed by atoms with Gasteiger partial charge >= 0.3 is 5.69 Å². The molecular formula is C15H17ClN4O5. The third-order valence-corrected chi connectivity index (χ3v) is 3.47. The van der Waals surface area contributed by atoms with Gasteiger partial charge in [-0.3, -0.25) is 19.6 Å². The van der Waals surface area contributed by atoms with Crippen molar-refractivity contribution in [3.05, 3.63) is 45.7 Å². The van der Waals surface area contributed by atoms with Gasteiger partial charge in [-0.2, -0.15) is 5.10 Å². The second-order valence-corrected chi connectivity index (χ2v) is 5.38. The highest BCUT2D eigenvalue weighted by Gasteiger charge is 2.13. The number of amides is 1. The zero-order valence-corrected chi connectivity index (χ0v) is 14.2. The number of hydrogen-bond donors (Lipinski definition) is 1. The number of anilines is 1. The molecular weight excluding hydrogens is 352 g/mol. The molecule has 1 amide bonds. The highest BCUT2D eigenvalue weighted by molar-refractivity contribution is 6.32. The molecule has 9 nitrogen and oxygen atoms in total. The van der Waals surface area contributed by atoms with E-state index in [1.54, 1.807) is 25.3 Å². The lowest BCUT2D eigenvalue weighted by atomic mass is 10.2. The van der Waals surface area contributed by atoms with E-state index in [-0.39, 0.29) is 24.6 Å². The maximum Gasteiger partial charge on any atom is 0.306 e. The van der Waals surface area contributed by atoms with Crippen LogP contribution in [0.4, 0.5) is 11.4 Å². The molecule has 0 saturated heterocycles. The summed E-state index contributed by atoms with van der Waals surface area (Å²) in [5, 5.41) is 17.5. The number of rotatable bonds is 9. The number of nitrogens with zero attached hydrogens (tertiary/aromatic N) is 3.